The molecule has 0 unspecified atom stereocenters. The average molecular weight is 329 g/mol. The number of rotatable bonds is 3. The fraction of sp³-hybridized carbons (Fsp3) is 0.333. The van der Waals surface area contributed by atoms with Crippen molar-refractivity contribution in [2.45, 2.75) is 31.6 Å². The average Bonchev–Trinajstić information content (AvgIpc) is 3.22. The summed E-state index contributed by atoms with van der Waals surface area (Å²) in [5, 5.41) is 3.32. The van der Waals surface area contributed by atoms with Gasteiger partial charge in [-0.2, -0.15) is 0 Å². The van der Waals surface area contributed by atoms with Crippen LogP contribution < -0.4 is 10.1 Å². The highest BCUT2D eigenvalue weighted by molar-refractivity contribution is 6.30. The van der Waals surface area contributed by atoms with E-state index < -0.39 is 5.41 Å². The number of ether oxygens (including phenoxy) is 1. The van der Waals surface area contributed by atoms with Gasteiger partial charge in [0.2, 0.25) is 5.91 Å². The lowest BCUT2D eigenvalue weighted by atomic mass is 9.93. The summed E-state index contributed by atoms with van der Waals surface area (Å²) in [6.07, 6.45) is 2.63. The van der Waals surface area contributed by atoms with Crippen LogP contribution in [0.15, 0.2) is 30.3 Å². The Morgan fingerprint density at radius 3 is 2.87 bits per heavy atom. The Balaban J connectivity index is 1.59. The van der Waals surface area contributed by atoms with Crippen LogP contribution in [0.1, 0.15) is 29.5 Å². The van der Waals surface area contributed by atoms with Crippen molar-refractivity contribution in [3.63, 3.8) is 0 Å². The molecule has 2 aromatic rings. The molecule has 0 atom stereocenters. The minimum atomic E-state index is -0.458. The molecule has 2 heterocycles. The summed E-state index contributed by atoms with van der Waals surface area (Å²) >= 11 is 6.03. The van der Waals surface area contributed by atoms with Gasteiger partial charge in [0.05, 0.1) is 12.0 Å². The van der Waals surface area contributed by atoms with Crippen LogP contribution in [-0.2, 0) is 16.6 Å². The molecule has 1 saturated carbocycles. The molecule has 0 saturated heterocycles. The molecule has 0 bridgehead atoms. The third-order valence-electron chi connectivity index (χ3n) is 4.71. The zero-order valence-corrected chi connectivity index (χ0v) is 13.6. The van der Waals surface area contributed by atoms with Crippen molar-refractivity contribution >= 4 is 23.3 Å². The van der Waals surface area contributed by atoms with E-state index in [1.807, 2.05) is 19.1 Å². The molecule has 0 spiro atoms. The predicted octanol–water partition coefficient (Wildman–Crippen LogP) is 3.65. The number of nitrogens with one attached hydrogen (secondary N) is 1. The van der Waals surface area contributed by atoms with E-state index in [4.69, 9.17) is 16.3 Å². The molecule has 23 heavy (non-hydrogen) atoms. The van der Waals surface area contributed by atoms with Crippen molar-refractivity contribution in [3.05, 3.63) is 52.2 Å². The Bertz CT molecular complexity index is 800. The monoisotopic (exact) mass is 328 g/mol. The molecule has 4 nitrogen and oxygen atoms in total. The first-order chi connectivity index (χ1) is 11.1. The predicted molar refractivity (Wildman–Crippen MR) is 89.2 cm³/mol. The summed E-state index contributed by atoms with van der Waals surface area (Å²) < 4.78 is 5.63. The Labute approximate surface area is 139 Å². The molecule has 1 aliphatic heterocycles. The molecule has 1 fully saturated rings. The molecular formula is C18H17ClN2O2. The number of nitrogens with zero attached hydrogens (tertiary/aromatic N) is 1. The van der Waals surface area contributed by atoms with Gasteiger partial charge >= 0.3 is 0 Å². The van der Waals surface area contributed by atoms with E-state index in [-0.39, 0.29) is 5.91 Å². The summed E-state index contributed by atoms with van der Waals surface area (Å²) in [7, 11) is 0. The van der Waals surface area contributed by atoms with E-state index in [0.717, 1.165) is 42.7 Å². The van der Waals surface area contributed by atoms with Crippen LogP contribution in [0.4, 0.5) is 5.82 Å². The first-order valence-electron chi connectivity index (χ1n) is 7.79. The highest BCUT2D eigenvalue weighted by Crippen LogP contribution is 2.50. The number of halogens is 1. The van der Waals surface area contributed by atoms with Crippen LogP contribution in [0.25, 0.3) is 0 Å². The van der Waals surface area contributed by atoms with Crippen molar-refractivity contribution in [2.75, 3.05) is 11.9 Å². The number of hydrogen-bond acceptors (Lipinski definition) is 3. The van der Waals surface area contributed by atoms with E-state index in [9.17, 15) is 4.79 Å². The number of aromatic nitrogens is 1. The highest BCUT2D eigenvalue weighted by atomic mass is 35.5. The summed E-state index contributed by atoms with van der Waals surface area (Å²) in [6.45, 7) is 2.61. The van der Waals surface area contributed by atoms with Crippen LogP contribution in [-0.4, -0.2) is 17.5 Å². The first-order valence-corrected chi connectivity index (χ1v) is 8.17. The topological polar surface area (TPSA) is 51.2 Å². The van der Waals surface area contributed by atoms with Gasteiger partial charge in [-0.15, -0.1) is 0 Å². The normalized spacial score (nSPS) is 17.3. The molecule has 1 amide bonds. The van der Waals surface area contributed by atoms with Gasteiger partial charge in [-0.1, -0.05) is 29.8 Å². The summed E-state index contributed by atoms with van der Waals surface area (Å²) in [6, 6.07) is 9.78. The lowest BCUT2D eigenvalue weighted by Crippen LogP contribution is -2.28. The van der Waals surface area contributed by atoms with Crippen LogP contribution in [0.2, 0.25) is 5.15 Å². The smallest absolute Gasteiger partial charge is 0.236 e. The van der Waals surface area contributed by atoms with E-state index in [0.29, 0.717) is 11.0 Å². The number of pyridine rings is 1. The highest BCUT2D eigenvalue weighted by Gasteiger charge is 2.51. The number of fused-ring (bicyclic) bond motifs is 1. The quantitative estimate of drug-likeness (QED) is 0.875. The fourth-order valence-electron chi connectivity index (χ4n) is 3.05. The van der Waals surface area contributed by atoms with Gasteiger partial charge in [0.25, 0.3) is 0 Å². The number of aryl methyl sites for hydroxylation is 1. The number of benzene rings is 1. The van der Waals surface area contributed by atoms with Crippen LogP contribution in [0, 0.1) is 6.92 Å². The van der Waals surface area contributed by atoms with E-state index in [2.05, 4.69) is 22.4 Å². The minimum Gasteiger partial charge on any atom is -0.493 e. The second-order valence-corrected chi connectivity index (χ2v) is 6.62. The molecule has 5 heteroatoms. The largest absolute Gasteiger partial charge is 0.493 e. The molecule has 4 rings (SSSR count). The van der Waals surface area contributed by atoms with Crippen LogP contribution in [0.5, 0.6) is 5.75 Å². The standard InChI is InChI=1S/C18H17ClN2O2/c1-11-2-5-15(20-16(11)19)21-17(22)18(7-8-18)13-4-3-12-6-9-23-14(12)10-13/h2-5,10H,6-9H2,1H3,(H,20,21,22). The molecule has 1 aromatic heterocycles. The lowest BCUT2D eigenvalue weighted by Gasteiger charge is -2.16. The SMILES string of the molecule is Cc1ccc(NC(=O)C2(c3ccc4c(c3)OCC4)CC2)nc1Cl. The summed E-state index contributed by atoms with van der Waals surface area (Å²) in [4.78, 5) is 17.0. The number of anilines is 1. The Hall–Kier alpha value is -2.07. The molecule has 1 aliphatic carbocycles. The Morgan fingerprint density at radius 2 is 2.13 bits per heavy atom. The number of amides is 1. The molecule has 0 radical (unpaired) electrons. The number of carbonyl (C=O) groups excluding carboxylic acids is 1. The van der Waals surface area contributed by atoms with Gasteiger partial charge in [-0.25, -0.2) is 4.98 Å². The van der Waals surface area contributed by atoms with Crippen molar-refractivity contribution in [3.8, 4) is 5.75 Å². The maximum absolute atomic E-state index is 12.8. The van der Waals surface area contributed by atoms with E-state index >= 15 is 0 Å². The van der Waals surface area contributed by atoms with E-state index in [1.165, 1.54) is 5.56 Å². The Kier molecular flexibility index (Phi) is 3.31. The first kappa shape index (κ1) is 14.5. The summed E-state index contributed by atoms with van der Waals surface area (Å²) in [5.41, 5.74) is 2.67. The van der Waals surface area contributed by atoms with Crippen LogP contribution >= 0.6 is 11.6 Å². The molecule has 1 N–H and O–H groups in total. The molecule has 118 valence electrons. The second-order valence-electron chi connectivity index (χ2n) is 6.26. The van der Waals surface area contributed by atoms with Gasteiger partial charge in [0.1, 0.15) is 16.7 Å². The molecule has 1 aromatic carbocycles. The number of hydrogen-bond donors (Lipinski definition) is 1. The number of carbonyl (C=O) groups is 1. The maximum Gasteiger partial charge on any atom is 0.236 e. The third kappa shape index (κ3) is 2.47. The van der Waals surface area contributed by atoms with Gasteiger partial charge in [-0.3, -0.25) is 4.79 Å². The van der Waals surface area contributed by atoms with Gasteiger partial charge in [-0.05, 0) is 48.6 Å². The van der Waals surface area contributed by atoms with Gasteiger partial charge in [0.15, 0.2) is 0 Å². The van der Waals surface area contributed by atoms with Crippen molar-refractivity contribution in [1.29, 1.82) is 0 Å². The van der Waals surface area contributed by atoms with E-state index in [1.54, 1.807) is 6.07 Å². The zero-order valence-electron chi connectivity index (χ0n) is 12.9. The van der Waals surface area contributed by atoms with Crippen molar-refractivity contribution in [1.82, 2.24) is 4.98 Å². The zero-order chi connectivity index (χ0) is 16.0. The Morgan fingerprint density at radius 1 is 1.30 bits per heavy atom. The van der Waals surface area contributed by atoms with Crippen molar-refractivity contribution in [2.24, 2.45) is 0 Å². The molecular weight excluding hydrogens is 312 g/mol. The minimum absolute atomic E-state index is 0.0251. The molecule has 2 aliphatic rings. The van der Waals surface area contributed by atoms with Crippen molar-refractivity contribution < 1.29 is 9.53 Å². The van der Waals surface area contributed by atoms with Crippen LogP contribution in [0.3, 0.4) is 0 Å². The summed E-state index contributed by atoms with van der Waals surface area (Å²) in [5.74, 6) is 1.38. The fourth-order valence-corrected chi connectivity index (χ4v) is 3.20. The van der Waals surface area contributed by atoms with Gasteiger partial charge in [0, 0.05) is 6.42 Å². The lowest BCUT2D eigenvalue weighted by molar-refractivity contribution is -0.118. The second kappa shape index (κ2) is 5.24. The third-order valence-corrected chi connectivity index (χ3v) is 5.09. The maximum atomic E-state index is 12.8. The van der Waals surface area contributed by atoms with Gasteiger partial charge < -0.3 is 10.1 Å².